The Kier molecular flexibility index (Phi) is 2.12. The molecule has 0 aliphatic heterocycles. The van der Waals surface area contributed by atoms with Crippen molar-refractivity contribution in [2.24, 2.45) is 0 Å². The first-order valence-corrected chi connectivity index (χ1v) is 5.47. The van der Waals surface area contributed by atoms with Crippen molar-refractivity contribution >= 4 is 39.1 Å². The first kappa shape index (κ1) is 10.2. The van der Waals surface area contributed by atoms with E-state index in [0.717, 1.165) is 21.8 Å². The summed E-state index contributed by atoms with van der Waals surface area (Å²) in [5.41, 5.74) is 8.19. The van der Waals surface area contributed by atoms with Crippen LogP contribution in [-0.4, -0.2) is 17.1 Å². The molecule has 0 saturated heterocycles. The Morgan fingerprint density at radius 2 is 2.24 bits per heavy atom. The predicted octanol–water partition coefficient (Wildman–Crippen LogP) is 2.96. The van der Waals surface area contributed by atoms with Crippen molar-refractivity contribution in [2.75, 3.05) is 12.8 Å². The summed E-state index contributed by atoms with van der Waals surface area (Å²) >= 11 is 6.26. The van der Waals surface area contributed by atoms with Crippen molar-refractivity contribution in [3.05, 3.63) is 29.5 Å². The summed E-state index contributed by atoms with van der Waals surface area (Å²) in [5.74, 6) is 0.499. The molecule has 0 atom stereocenters. The number of benzene rings is 1. The van der Waals surface area contributed by atoms with Gasteiger partial charge in [0.05, 0.1) is 30.0 Å². The fraction of sp³-hybridized carbons (Fsp3) is 0.0833. The molecule has 2 aromatic heterocycles. The molecule has 0 bridgehead atoms. The average molecular weight is 248 g/mol. The quantitative estimate of drug-likeness (QED) is 0.650. The lowest BCUT2D eigenvalue weighted by molar-refractivity contribution is 0.418. The highest BCUT2D eigenvalue weighted by Gasteiger charge is 2.14. The zero-order valence-electron chi connectivity index (χ0n) is 9.12. The number of halogens is 1. The first-order chi connectivity index (χ1) is 8.22. The third-order valence-electron chi connectivity index (χ3n) is 2.83. The lowest BCUT2D eigenvalue weighted by Crippen LogP contribution is -1.93. The molecule has 0 unspecified atom stereocenters. The number of hydrogen-bond donors (Lipinski definition) is 2. The van der Waals surface area contributed by atoms with Crippen LogP contribution >= 0.6 is 11.6 Å². The van der Waals surface area contributed by atoms with Crippen LogP contribution in [0.4, 0.5) is 5.69 Å². The fourth-order valence-corrected chi connectivity index (χ4v) is 2.39. The van der Waals surface area contributed by atoms with E-state index in [2.05, 4.69) is 9.97 Å². The normalized spacial score (nSPS) is 11.2. The molecule has 5 heteroatoms. The summed E-state index contributed by atoms with van der Waals surface area (Å²) in [6.45, 7) is 0. The van der Waals surface area contributed by atoms with Crippen molar-refractivity contribution in [3.63, 3.8) is 0 Å². The number of pyridine rings is 1. The molecule has 0 radical (unpaired) electrons. The number of aromatic amines is 1. The molecule has 0 amide bonds. The number of nitrogen functional groups attached to an aromatic ring is 1. The van der Waals surface area contributed by atoms with Gasteiger partial charge < -0.3 is 15.5 Å². The van der Waals surface area contributed by atoms with Crippen LogP contribution in [0.3, 0.4) is 0 Å². The maximum absolute atomic E-state index is 6.26. The van der Waals surface area contributed by atoms with Gasteiger partial charge in [-0.15, -0.1) is 0 Å². The van der Waals surface area contributed by atoms with Crippen LogP contribution in [0.15, 0.2) is 24.5 Å². The molecule has 0 aliphatic rings. The molecule has 3 rings (SSSR count). The average Bonchev–Trinajstić information content (AvgIpc) is 2.69. The van der Waals surface area contributed by atoms with Crippen molar-refractivity contribution in [3.8, 4) is 5.75 Å². The lowest BCUT2D eigenvalue weighted by Gasteiger charge is -2.07. The zero-order valence-corrected chi connectivity index (χ0v) is 9.88. The van der Waals surface area contributed by atoms with E-state index in [1.165, 1.54) is 0 Å². The summed E-state index contributed by atoms with van der Waals surface area (Å²) in [4.78, 5) is 7.28. The SMILES string of the molecule is COc1c(N)cc2c([nH]c3cnccc32)c1Cl. The van der Waals surface area contributed by atoms with Crippen molar-refractivity contribution in [2.45, 2.75) is 0 Å². The first-order valence-electron chi connectivity index (χ1n) is 5.09. The molecule has 3 N–H and O–H groups in total. The second kappa shape index (κ2) is 3.53. The Hall–Kier alpha value is -1.94. The summed E-state index contributed by atoms with van der Waals surface area (Å²) in [7, 11) is 1.55. The van der Waals surface area contributed by atoms with Gasteiger partial charge in [-0.1, -0.05) is 11.6 Å². The highest BCUT2D eigenvalue weighted by Crippen LogP contribution is 2.40. The van der Waals surface area contributed by atoms with Gasteiger partial charge in [0, 0.05) is 17.0 Å². The molecule has 2 heterocycles. The molecule has 0 spiro atoms. The summed E-state index contributed by atoms with van der Waals surface area (Å²) in [6, 6.07) is 3.79. The molecule has 0 saturated carbocycles. The van der Waals surface area contributed by atoms with E-state index in [1.54, 1.807) is 19.5 Å². The number of fused-ring (bicyclic) bond motifs is 3. The molecule has 3 aromatic rings. The van der Waals surface area contributed by atoms with Crippen LogP contribution in [0, 0.1) is 0 Å². The van der Waals surface area contributed by atoms with Crippen molar-refractivity contribution < 1.29 is 4.74 Å². The molecule has 17 heavy (non-hydrogen) atoms. The van der Waals surface area contributed by atoms with E-state index >= 15 is 0 Å². The number of hydrogen-bond acceptors (Lipinski definition) is 3. The minimum absolute atomic E-state index is 0.499. The topological polar surface area (TPSA) is 63.9 Å². The van der Waals surface area contributed by atoms with Crippen LogP contribution in [0.25, 0.3) is 21.8 Å². The minimum Gasteiger partial charge on any atom is -0.493 e. The Labute approximate surface area is 102 Å². The Bertz CT molecular complexity index is 720. The van der Waals surface area contributed by atoms with E-state index in [1.807, 2.05) is 12.1 Å². The van der Waals surface area contributed by atoms with E-state index in [-0.39, 0.29) is 0 Å². The molecule has 1 aromatic carbocycles. The molecule has 4 nitrogen and oxygen atoms in total. The van der Waals surface area contributed by atoms with E-state index in [0.29, 0.717) is 16.5 Å². The van der Waals surface area contributed by atoms with Crippen molar-refractivity contribution in [1.82, 2.24) is 9.97 Å². The maximum atomic E-state index is 6.26. The molecule has 86 valence electrons. The molecule has 0 aliphatic carbocycles. The minimum atomic E-state index is 0.499. The van der Waals surface area contributed by atoms with Crippen LogP contribution in [-0.2, 0) is 0 Å². The second-order valence-corrected chi connectivity index (χ2v) is 4.16. The van der Waals surface area contributed by atoms with Gasteiger partial charge in [-0.05, 0) is 12.1 Å². The number of nitrogens with one attached hydrogen (secondary N) is 1. The number of nitrogens with two attached hydrogens (primary N) is 1. The molecular formula is C12H10ClN3O. The van der Waals surface area contributed by atoms with Gasteiger partial charge in [-0.25, -0.2) is 0 Å². The third kappa shape index (κ3) is 1.34. The van der Waals surface area contributed by atoms with Crippen molar-refractivity contribution in [1.29, 1.82) is 0 Å². The number of rotatable bonds is 1. The molecule has 0 fully saturated rings. The summed E-state index contributed by atoms with van der Waals surface area (Å²) < 4.78 is 5.19. The smallest absolute Gasteiger partial charge is 0.162 e. The van der Waals surface area contributed by atoms with Crippen LogP contribution < -0.4 is 10.5 Å². The highest BCUT2D eigenvalue weighted by atomic mass is 35.5. The van der Waals surface area contributed by atoms with Crippen LogP contribution in [0.5, 0.6) is 5.75 Å². The van der Waals surface area contributed by atoms with Gasteiger partial charge in [-0.3, -0.25) is 4.98 Å². The predicted molar refractivity (Wildman–Crippen MR) is 69.6 cm³/mol. The van der Waals surface area contributed by atoms with Gasteiger partial charge in [0.25, 0.3) is 0 Å². The van der Waals surface area contributed by atoms with Gasteiger partial charge in [-0.2, -0.15) is 0 Å². The van der Waals surface area contributed by atoms with Crippen LogP contribution in [0.1, 0.15) is 0 Å². The number of anilines is 1. The van der Waals surface area contributed by atoms with E-state index in [9.17, 15) is 0 Å². The summed E-state index contributed by atoms with van der Waals surface area (Å²) in [5, 5.41) is 2.52. The Morgan fingerprint density at radius 3 is 3.00 bits per heavy atom. The number of aromatic nitrogens is 2. The van der Waals surface area contributed by atoms with Gasteiger partial charge in [0.15, 0.2) is 5.75 Å². The zero-order chi connectivity index (χ0) is 12.0. The second-order valence-electron chi connectivity index (χ2n) is 3.78. The van der Waals surface area contributed by atoms with E-state index < -0.39 is 0 Å². The van der Waals surface area contributed by atoms with E-state index in [4.69, 9.17) is 22.1 Å². The Balaban J connectivity index is 2.53. The maximum Gasteiger partial charge on any atom is 0.162 e. The fourth-order valence-electron chi connectivity index (χ4n) is 2.06. The van der Waals surface area contributed by atoms with Gasteiger partial charge >= 0.3 is 0 Å². The number of ether oxygens (including phenoxy) is 1. The van der Waals surface area contributed by atoms with Gasteiger partial charge in [0.2, 0.25) is 0 Å². The monoisotopic (exact) mass is 247 g/mol. The summed E-state index contributed by atoms with van der Waals surface area (Å²) in [6.07, 6.45) is 3.50. The van der Waals surface area contributed by atoms with Crippen LogP contribution in [0.2, 0.25) is 5.02 Å². The Morgan fingerprint density at radius 1 is 1.41 bits per heavy atom. The molecular weight excluding hydrogens is 238 g/mol. The van der Waals surface area contributed by atoms with Gasteiger partial charge in [0.1, 0.15) is 5.02 Å². The third-order valence-corrected chi connectivity index (χ3v) is 3.19. The highest BCUT2D eigenvalue weighted by molar-refractivity contribution is 6.38. The largest absolute Gasteiger partial charge is 0.493 e. The number of methoxy groups -OCH3 is 1. The standard InChI is InChI=1S/C12H10ClN3O/c1-17-12-8(14)4-7-6-2-3-15-5-9(6)16-11(7)10(12)13/h2-5,16H,14H2,1H3. The number of H-pyrrole nitrogens is 1. The number of nitrogens with zero attached hydrogens (tertiary/aromatic N) is 1. The lowest BCUT2D eigenvalue weighted by atomic mass is 10.1.